The minimum atomic E-state index is 0.154. The van der Waals surface area contributed by atoms with E-state index in [4.69, 9.17) is 0 Å². The van der Waals surface area contributed by atoms with Crippen LogP contribution in [0.5, 0.6) is 0 Å². The number of nitrogens with zero attached hydrogens (tertiary/aromatic N) is 2. The lowest BCUT2D eigenvalue weighted by atomic mass is 10.0. The number of rotatable bonds is 2. The van der Waals surface area contributed by atoms with Crippen molar-refractivity contribution in [2.75, 3.05) is 39.3 Å². The van der Waals surface area contributed by atoms with E-state index >= 15 is 0 Å². The summed E-state index contributed by atoms with van der Waals surface area (Å²) in [6.07, 6.45) is 1.21. The Morgan fingerprint density at radius 3 is 2.65 bits per heavy atom. The summed E-state index contributed by atoms with van der Waals surface area (Å²) >= 11 is 3.39. The molecule has 5 heteroatoms. The summed E-state index contributed by atoms with van der Waals surface area (Å²) in [5, 5.41) is 3.42. The van der Waals surface area contributed by atoms with E-state index in [9.17, 15) is 4.79 Å². The first-order valence-corrected chi connectivity index (χ1v) is 8.03. The number of hydrogen-bond donors (Lipinski definition) is 1. The lowest BCUT2D eigenvalue weighted by molar-refractivity contribution is 0.0284. The van der Waals surface area contributed by atoms with Crippen molar-refractivity contribution in [1.29, 1.82) is 0 Å². The molecule has 2 saturated heterocycles. The van der Waals surface area contributed by atoms with Gasteiger partial charge in [-0.05, 0) is 43.8 Å². The van der Waals surface area contributed by atoms with Crippen LogP contribution in [0.2, 0.25) is 0 Å². The summed E-state index contributed by atoms with van der Waals surface area (Å²) in [5.74, 6) is 0.154. The average molecular weight is 338 g/mol. The molecular weight excluding hydrogens is 318 g/mol. The van der Waals surface area contributed by atoms with Gasteiger partial charge in [0.15, 0.2) is 0 Å². The maximum absolute atomic E-state index is 12.3. The zero-order valence-corrected chi connectivity index (χ0v) is 13.1. The minimum absolute atomic E-state index is 0.154. The van der Waals surface area contributed by atoms with E-state index in [0.717, 1.165) is 49.3 Å². The largest absolute Gasteiger partial charge is 0.335 e. The monoisotopic (exact) mass is 337 g/mol. The van der Waals surface area contributed by atoms with E-state index < -0.39 is 0 Å². The molecule has 108 valence electrons. The van der Waals surface area contributed by atoms with Crippen molar-refractivity contribution in [3.8, 4) is 0 Å². The number of amides is 1. The van der Waals surface area contributed by atoms with Crippen LogP contribution in [-0.2, 0) is 0 Å². The van der Waals surface area contributed by atoms with Crippen molar-refractivity contribution in [3.63, 3.8) is 0 Å². The van der Waals surface area contributed by atoms with Crippen LogP contribution in [0.4, 0.5) is 0 Å². The number of benzene rings is 1. The second-order valence-electron chi connectivity index (χ2n) is 5.51. The summed E-state index contributed by atoms with van der Waals surface area (Å²) in [6.45, 7) is 6.18. The third-order valence-electron chi connectivity index (χ3n) is 4.13. The molecule has 4 nitrogen and oxygen atoms in total. The third kappa shape index (κ3) is 3.05. The van der Waals surface area contributed by atoms with Crippen molar-refractivity contribution >= 4 is 21.8 Å². The van der Waals surface area contributed by atoms with Gasteiger partial charge in [0.1, 0.15) is 0 Å². The fraction of sp³-hybridized carbons (Fsp3) is 0.533. The molecule has 2 aliphatic rings. The van der Waals surface area contributed by atoms with Crippen molar-refractivity contribution in [2.24, 2.45) is 0 Å². The molecule has 2 heterocycles. The van der Waals surface area contributed by atoms with Gasteiger partial charge in [-0.15, -0.1) is 0 Å². The molecule has 1 amide bonds. The van der Waals surface area contributed by atoms with Crippen molar-refractivity contribution < 1.29 is 4.79 Å². The van der Waals surface area contributed by atoms with Crippen LogP contribution in [0.25, 0.3) is 0 Å². The van der Waals surface area contributed by atoms with Gasteiger partial charge >= 0.3 is 0 Å². The summed E-state index contributed by atoms with van der Waals surface area (Å²) in [6, 6.07) is 8.16. The van der Waals surface area contributed by atoms with Gasteiger partial charge < -0.3 is 10.2 Å². The van der Waals surface area contributed by atoms with Crippen molar-refractivity contribution in [2.45, 2.75) is 12.5 Å². The van der Waals surface area contributed by atoms with Crippen molar-refractivity contribution in [3.05, 3.63) is 34.3 Å². The second kappa shape index (κ2) is 6.24. The highest BCUT2D eigenvalue weighted by Gasteiger charge is 2.35. The Morgan fingerprint density at radius 2 is 1.90 bits per heavy atom. The van der Waals surface area contributed by atoms with E-state index in [1.807, 2.05) is 29.2 Å². The molecule has 0 atom stereocenters. The average Bonchev–Trinajstić information content (AvgIpc) is 2.67. The van der Waals surface area contributed by atoms with E-state index in [1.54, 1.807) is 0 Å². The molecule has 3 rings (SSSR count). The lowest BCUT2D eigenvalue weighted by Crippen LogP contribution is -2.61. The molecule has 2 aliphatic heterocycles. The number of nitrogens with one attached hydrogen (secondary N) is 1. The van der Waals surface area contributed by atoms with Crippen LogP contribution in [-0.4, -0.2) is 61.0 Å². The van der Waals surface area contributed by atoms with Gasteiger partial charge in [0.2, 0.25) is 0 Å². The number of carbonyl (C=O) groups excluding carboxylic acids is 1. The molecule has 0 radical (unpaired) electrons. The van der Waals surface area contributed by atoms with Gasteiger partial charge in [0.25, 0.3) is 5.91 Å². The zero-order chi connectivity index (χ0) is 13.9. The zero-order valence-electron chi connectivity index (χ0n) is 11.5. The molecule has 0 spiro atoms. The standard InChI is InChI=1S/C15H20BrN3O/c16-13-4-2-12(3-5-13)15(20)19-10-14(11-19)18-8-1-6-17-7-9-18/h2-5,14,17H,1,6-11H2. The molecule has 1 aromatic carbocycles. The molecule has 0 saturated carbocycles. The number of halogens is 1. The Bertz CT molecular complexity index is 463. The van der Waals surface area contributed by atoms with Gasteiger partial charge in [0, 0.05) is 42.3 Å². The first kappa shape index (κ1) is 14.0. The van der Waals surface area contributed by atoms with Crippen LogP contribution >= 0.6 is 15.9 Å². The quantitative estimate of drug-likeness (QED) is 0.889. The number of hydrogen-bond acceptors (Lipinski definition) is 3. The fourth-order valence-corrected chi connectivity index (χ4v) is 3.12. The molecule has 0 aromatic heterocycles. The Balaban J connectivity index is 1.54. The van der Waals surface area contributed by atoms with Gasteiger partial charge in [-0.25, -0.2) is 0 Å². The maximum atomic E-state index is 12.3. The van der Waals surface area contributed by atoms with Gasteiger partial charge in [-0.3, -0.25) is 9.69 Å². The molecule has 2 fully saturated rings. The summed E-state index contributed by atoms with van der Waals surface area (Å²) in [7, 11) is 0. The topological polar surface area (TPSA) is 35.6 Å². The molecule has 20 heavy (non-hydrogen) atoms. The normalized spacial score (nSPS) is 21.4. The van der Waals surface area contributed by atoms with Crippen LogP contribution in [0, 0.1) is 0 Å². The summed E-state index contributed by atoms with van der Waals surface area (Å²) < 4.78 is 1.01. The Morgan fingerprint density at radius 1 is 1.15 bits per heavy atom. The van der Waals surface area contributed by atoms with Crippen LogP contribution < -0.4 is 5.32 Å². The minimum Gasteiger partial charge on any atom is -0.335 e. The van der Waals surface area contributed by atoms with Gasteiger partial charge in [-0.1, -0.05) is 15.9 Å². The highest BCUT2D eigenvalue weighted by molar-refractivity contribution is 9.10. The summed E-state index contributed by atoms with van der Waals surface area (Å²) in [5.41, 5.74) is 0.782. The molecule has 1 aromatic rings. The highest BCUT2D eigenvalue weighted by Crippen LogP contribution is 2.20. The van der Waals surface area contributed by atoms with Crippen LogP contribution in [0.15, 0.2) is 28.7 Å². The molecule has 0 unspecified atom stereocenters. The smallest absolute Gasteiger partial charge is 0.253 e. The lowest BCUT2D eigenvalue weighted by Gasteiger charge is -2.45. The predicted molar refractivity (Wildman–Crippen MR) is 82.9 cm³/mol. The van der Waals surface area contributed by atoms with Crippen LogP contribution in [0.3, 0.4) is 0 Å². The third-order valence-corrected chi connectivity index (χ3v) is 4.66. The van der Waals surface area contributed by atoms with Crippen molar-refractivity contribution in [1.82, 2.24) is 15.1 Å². The van der Waals surface area contributed by atoms with E-state index in [2.05, 4.69) is 26.1 Å². The maximum Gasteiger partial charge on any atom is 0.253 e. The summed E-state index contributed by atoms with van der Waals surface area (Å²) in [4.78, 5) is 16.8. The number of carbonyl (C=O) groups is 1. The molecular formula is C15H20BrN3O. The first-order valence-electron chi connectivity index (χ1n) is 7.23. The van der Waals surface area contributed by atoms with Crippen LogP contribution in [0.1, 0.15) is 16.8 Å². The molecule has 1 N–H and O–H groups in total. The predicted octanol–water partition coefficient (Wildman–Crippen LogP) is 1.57. The Labute approximate surface area is 128 Å². The van der Waals surface area contributed by atoms with E-state index in [-0.39, 0.29) is 5.91 Å². The van der Waals surface area contributed by atoms with E-state index in [0.29, 0.717) is 6.04 Å². The number of likely N-dealkylation sites (tertiary alicyclic amines) is 1. The molecule has 0 bridgehead atoms. The molecule has 0 aliphatic carbocycles. The van der Waals surface area contributed by atoms with Gasteiger partial charge in [-0.2, -0.15) is 0 Å². The SMILES string of the molecule is O=C(c1ccc(Br)cc1)N1CC(N2CCCNCC2)C1. The second-order valence-corrected chi connectivity index (χ2v) is 6.43. The Kier molecular flexibility index (Phi) is 4.38. The Hall–Kier alpha value is -0.910. The first-order chi connectivity index (χ1) is 9.74. The highest BCUT2D eigenvalue weighted by atomic mass is 79.9. The van der Waals surface area contributed by atoms with E-state index in [1.165, 1.54) is 6.42 Å². The fourth-order valence-electron chi connectivity index (χ4n) is 2.86. The van der Waals surface area contributed by atoms with Gasteiger partial charge in [0.05, 0.1) is 0 Å².